The van der Waals surface area contributed by atoms with E-state index in [1.807, 2.05) is 29.6 Å². The van der Waals surface area contributed by atoms with Crippen molar-refractivity contribution in [3.8, 4) is 0 Å². The minimum Gasteiger partial charge on any atom is -0.321 e. The van der Waals surface area contributed by atoms with Crippen molar-refractivity contribution in [2.45, 2.75) is 0 Å². The second kappa shape index (κ2) is 5.28. The summed E-state index contributed by atoms with van der Waals surface area (Å²) in [7, 11) is 0. The number of pyridine rings is 1. The smallest absolute Gasteiger partial charge is 0.274 e. The average Bonchev–Trinajstić information content (AvgIpc) is 2.95. The molecule has 20 heavy (non-hydrogen) atoms. The molecule has 1 amide bonds. The van der Waals surface area contributed by atoms with Crippen LogP contribution in [0.4, 0.5) is 11.5 Å². The number of anilines is 2. The maximum Gasteiger partial charge on any atom is 0.274 e. The second-order valence-corrected chi connectivity index (χ2v) is 5.13. The molecule has 0 unspecified atom stereocenters. The van der Waals surface area contributed by atoms with Crippen LogP contribution in [0.1, 0.15) is 10.5 Å². The summed E-state index contributed by atoms with van der Waals surface area (Å²) in [6, 6.07) is 12.9. The number of nitrogens with one attached hydrogen (secondary N) is 2. The lowest BCUT2D eigenvalue weighted by Crippen LogP contribution is -2.16. The molecule has 0 radical (unpaired) electrons. The largest absolute Gasteiger partial charge is 0.321 e. The Bertz CT molecular complexity index is 768. The standard InChI is InChI=1S/C14H12N4OS/c15-18-13-3-1-2-11(17-13)14(19)16-10-4-5-12-9(8-10)6-7-20-12/h1-8H,15H2,(H,16,19)(H,17,18). The summed E-state index contributed by atoms with van der Waals surface area (Å²) in [5.41, 5.74) is 3.47. The molecule has 0 saturated heterocycles. The molecule has 100 valence electrons. The SMILES string of the molecule is NNc1cccc(C(=O)Nc2ccc3sccc3c2)n1. The summed E-state index contributed by atoms with van der Waals surface area (Å²) in [5.74, 6) is 5.46. The zero-order valence-electron chi connectivity index (χ0n) is 10.5. The van der Waals surface area contributed by atoms with Crippen molar-refractivity contribution in [2.75, 3.05) is 10.7 Å². The van der Waals surface area contributed by atoms with E-state index in [-0.39, 0.29) is 5.91 Å². The molecule has 1 aromatic carbocycles. The predicted octanol–water partition coefficient (Wildman–Crippen LogP) is 2.83. The van der Waals surface area contributed by atoms with Gasteiger partial charge in [0.25, 0.3) is 5.91 Å². The normalized spacial score (nSPS) is 10.4. The van der Waals surface area contributed by atoms with Gasteiger partial charge in [0.15, 0.2) is 0 Å². The molecule has 0 aliphatic carbocycles. The summed E-state index contributed by atoms with van der Waals surface area (Å²) in [6.45, 7) is 0. The molecular weight excluding hydrogens is 272 g/mol. The zero-order chi connectivity index (χ0) is 13.9. The lowest BCUT2D eigenvalue weighted by atomic mass is 10.2. The van der Waals surface area contributed by atoms with Crippen LogP contribution in [0.25, 0.3) is 10.1 Å². The van der Waals surface area contributed by atoms with Gasteiger partial charge >= 0.3 is 0 Å². The highest BCUT2D eigenvalue weighted by Crippen LogP contribution is 2.24. The Hall–Kier alpha value is -2.44. The Morgan fingerprint density at radius 3 is 2.95 bits per heavy atom. The van der Waals surface area contributed by atoms with Crippen LogP contribution in [0.5, 0.6) is 0 Å². The number of benzene rings is 1. The van der Waals surface area contributed by atoms with Crippen molar-refractivity contribution in [3.05, 3.63) is 53.5 Å². The summed E-state index contributed by atoms with van der Waals surface area (Å²) < 4.78 is 1.19. The number of thiophene rings is 1. The Labute approximate surface area is 119 Å². The summed E-state index contributed by atoms with van der Waals surface area (Å²) in [6.07, 6.45) is 0. The third kappa shape index (κ3) is 2.47. The number of carbonyl (C=O) groups is 1. The summed E-state index contributed by atoms with van der Waals surface area (Å²) >= 11 is 1.67. The van der Waals surface area contributed by atoms with Crippen molar-refractivity contribution >= 4 is 38.8 Å². The molecule has 4 N–H and O–H groups in total. The van der Waals surface area contributed by atoms with E-state index < -0.39 is 0 Å². The highest BCUT2D eigenvalue weighted by atomic mass is 32.1. The maximum atomic E-state index is 12.1. The molecule has 3 aromatic rings. The number of carbonyl (C=O) groups excluding carboxylic acids is 1. The molecule has 2 heterocycles. The van der Waals surface area contributed by atoms with Crippen LogP contribution in [0.15, 0.2) is 47.8 Å². The first-order chi connectivity index (χ1) is 9.76. The predicted molar refractivity (Wildman–Crippen MR) is 81.8 cm³/mol. The van der Waals surface area contributed by atoms with Gasteiger partial charge in [-0.05, 0) is 47.2 Å². The van der Waals surface area contributed by atoms with Crippen LogP contribution in [0.2, 0.25) is 0 Å². The number of amides is 1. The number of fused-ring (bicyclic) bond motifs is 1. The van der Waals surface area contributed by atoms with Gasteiger partial charge in [-0.3, -0.25) is 4.79 Å². The van der Waals surface area contributed by atoms with Crippen LogP contribution < -0.4 is 16.6 Å². The number of rotatable bonds is 3. The molecule has 0 aliphatic heterocycles. The lowest BCUT2D eigenvalue weighted by molar-refractivity contribution is 0.102. The monoisotopic (exact) mass is 284 g/mol. The van der Waals surface area contributed by atoms with E-state index in [1.54, 1.807) is 29.5 Å². The van der Waals surface area contributed by atoms with E-state index >= 15 is 0 Å². The molecule has 6 heteroatoms. The van der Waals surface area contributed by atoms with Crippen LogP contribution in [0.3, 0.4) is 0 Å². The average molecular weight is 284 g/mol. The first-order valence-corrected chi connectivity index (χ1v) is 6.86. The van der Waals surface area contributed by atoms with Gasteiger partial charge in [0.1, 0.15) is 11.5 Å². The van der Waals surface area contributed by atoms with Gasteiger partial charge in [0.05, 0.1) is 0 Å². The van der Waals surface area contributed by atoms with Crippen LogP contribution >= 0.6 is 11.3 Å². The Morgan fingerprint density at radius 2 is 2.10 bits per heavy atom. The number of nitrogens with two attached hydrogens (primary N) is 1. The second-order valence-electron chi connectivity index (χ2n) is 4.18. The molecule has 0 spiro atoms. The van der Waals surface area contributed by atoms with E-state index in [1.165, 1.54) is 4.70 Å². The van der Waals surface area contributed by atoms with E-state index in [9.17, 15) is 4.79 Å². The Morgan fingerprint density at radius 1 is 1.20 bits per heavy atom. The van der Waals surface area contributed by atoms with E-state index in [2.05, 4.69) is 15.7 Å². The quantitative estimate of drug-likeness (QED) is 0.510. The molecule has 0 fully saturated rings. The van der Waals surface area contributed by atoms with Gasteiger partial charge in [-0.2, -0.15) is 0 Å². The molecule has 0 bridgehead atoms. The maximum absolute atomic E-state index is 12.1. The first kappa shape index (κ1) is 12.6. The zero-order valence-corrected chi connectivity index (χ0v) is 11.3. The van der Waals surface area contributed by atoms with Gasteiger partial charge in [-0.25, -0.2) is 10.8 Å². The molecule has 0 aliphatic rings. The van der Waals surface area contributed by atoms with Crippen LogP contribution in [-0.2, 0) is 0 Å². The fourth-order valence-electron chi connectivity index (χ4n) is 1.88. The summed E-state index contributed by atoms with van der Waals surface area (Å²) in [5, 5.41) is 5.96. The fourth-order valence-corrected chi connectivity index (χ4v) is 2.65. The third-order valence-corrected chi connectivity index (χ3v) is 3.74. The molecular formula is C14H12N4OS. The number of hydrogen-bond acceptors (Lipinski definition) is 5. The van der Waals surface area contributed by atoms with E-state index in [4.69, 9.17) is 5.84 Å². The van der Waals surface area contributed by atoms with Gasteiger partial charge in [-0.1, -0.05) is 6.07 Å². The molecule has 0 saturated carbocycles. The summed E-state index contributed by atoms with van der Waals surface area (Å²) in [4.78, 5) is 16.2. The molecule has 3 rings (SSSR count). The van der Waals surface area contributed by atoms with Gasteiger partial charge in [0, 0.05) is 10.4 Å². The van der Waals surface area contributed by atoms with Crippen molar-refractivity contribution < 1.29 is 4.79 Å². The molecule has 0 atom stereocenters. The number of nitrogens with zero attached hydrogens (tertiary/aromatic N) is 1. The Kier molecular flexibility index (Phi) is 3.32. The molecule has 2 aromatic heterocycles. The van der Waals surface area contributed by atoms with Crippen LogP contribution in [-0.4, -0.2) is 10.9 Å². The molecule has 5 nitrogen and oxygen atoms in total. The number of hydrogen-bond donors (Lipinski definition) is 3. The van der Waals surface area contributed by atoms with E-state index in [0.29, 0.717) is 11.5 Å². The van der Waals surface area contributed by atoms with E-state index in [0.717, 1.165) is 11.1 Å². The highest BCUT2D eigenvalue weighted by Gasteiger charge is 2.08. The topological polar surface area (TPSA) is 80.0 Å². The first-order valence-electron chi connectivity index (χ1n) is 5.98. The number of nitrogen functional groups attached to an aromatic ring is 1. The van der Waals surface area contributed by atoms with Gasteiger partial charge < -0.3 is 10.7 Å². The minimum atomic E-state index is -0.267. The highest BCUT2D eigenvalue weighted by molar-refractivity contribution is 7.17. The lowest BCUT2D eigenvalue weighted by Gasteiger charge is -2.06. The van der Waals surface area contributed by atoms with Gasteiger partial charge in [-0.15, -0.1) is 11.3 Å². The third-order valence-electron chi connectivity index (χ3n) is 2.84. The van der Waals surface area contributed by atoms with Gasteiger partial charge in [0.2, 0.25) is 0 Å². The number of hydrazine groups is 1. The fraction of sp³-hybridized carbons (Fsp3) is 0. The van der Waals surface area contributed by atoms with Crippen molar-refractivity contribution in [1.29, 1.82) is 0 Å². The minimum absolute atomic E-state index is 0.267. The van der Waals surface area contributed by atoms with Crippen LogP contribution in [0, 0.1) is 0 Å². The van der Waals surface area contributed by atoms with Crippen molar-refractivity contribution in [3.63, 3.8) is 0 Å². The Balaban J connectivity index is 1.83. The number of aromatic nitrogens is 1. The van der Waals surface area contributed by atoms with Crippen molar-refractivity contribution in [2.24, 2.45) is 5.84 Å². The van der Waals surface area contributed by atoms with Crippen molar-refractivity contribution in [1.82, 2.24) is 4.98 Å².